The highest BCUT2D eigenvalue weighted by Crippen LogP contribution is 2.44. The first-order valence-electron chi connectivity index (χ1n) is 14.0. The predicted octanol–water partition coefficient (Wildman–Crippen LogP) is 5.38. The third-order valence-corrected chi connectivity index (χ3v) is 7.91. The smallest absolute Gasteiger partial charge is 0.219 e. The number of hydrogen-bond acceptors (Lipinski definition) is 5. The van der Waals surface area contributed by atoms with Crippen molar-refractivity contribution in [2.75, 3.05) is 19.8 Å². The Morgan fingerprint density at radius 3 is 2.60 bits per heavy atom. The summed E-state index contributed by atoms with van der Waals surface area (Å²) in [6.45, 7) is 3.82. The number of carbonyl (C=O) groups is 1. The summed E-state index contributed by atoms with van der Waals surface area (Å²) in [7, 11) is -0.646. The molecular weight excluding hydrogens is 480 g/mol. The SMILES string of the molecule is [3H]PO[C@H]1C[C@@H](OP[3H])[C@H](CCC2(CCc3ccccc3)OCCO2)[C@H]1C/C=C\CCCC(=O)NCC. The van der Waals surface area contributed by atoms with Crippen LogP contribution in [0.5, 0.6) is 0 Å². The van der Waals surface area contributed by atoms with E-state index in [1.165, 1.54) is 5.56 Å². The van der Waals surface area contributed by atoms with Crippen LogP contribution in [0.15, 0.2) is 42.5 Å². The van der Waals surface area contributed by atoms with E-state index in [1.54, 1.807) is 0 Å². The fourth-order valence-corrected chi connectivity index (χ4v) is 5.98. The van der Waals surface area contributed by atoms with Crippen molar-refractivity contribution in [2.45, 2.75) is 82.7 Å². The number of rotatable bonds is 17. The Balaban J connectivity index is 1.61. The molecule has 1 N–H and O–H groups in total. The van der Waals surface area contributed by atoms with Crippen molar-refractivity contribution in [2.24, 2.45) is 11.8 Å². The number of aryl methyl sites for hydroxylation is 1. The molecule has 0 radical (unpaired) electrons. The van der Waals surface area contributed by atoms with Crippen molar-refractivity contribution in [3.05, 3.63) is 48.0 Å². The largest absolute Gasteiger partial charge is 0.362 e. The second-order valence-corrected chi connectivity index (χ2v) is 10.0. The third-order valence-electron chi connectivity index (χ3n) is 7.31. The lowest BCUT2D eigenvalue weighted by molar-refractivity contribution is -0.170. The van der Waals surface area contributed by atoms with E-state index in [0.717, 1.165) is 51.4 Å². The predicted molar refractivity (Wildman–Crippen MR) is 146 cm³/mol. The summed E-state index contributed by atoms with van der Waals surface area (Å²) in [6.07, 6.45) is 11.4. The highest BCUT2D eigenvalue weighted by molar-refractivity contribution is 7.10. The Hall–Kier alpha value is -0.870. The lowest BCUT2D eigenvalue weighted by atomic mass is 9.85. The maximum atomic E-state index is 11.7. The van der Waals surface area contributed by atoms with Gasteiger partial charge in [0.2, 0.25) is 5.91 Å². The number of hydrogen-bond donors (Lipinski definition) is 1. The lowest BCUT2D eigenvalue weighted by Crippen LogP contribution is -2.33. The van der Waals surface area contributed by atoms with Crippen molar-refractivity contribution in [3.8, 4) is 0 Å². The fraction of sp³-hybridized carbons (Fsp3) is 0.667. The number of amides is 1. The van der Waals surface area contributed by atoms with Crippen LogP contribution in [0.4, 0.5) is 0 Å². The molecule has 0 spiro atoms. The highest BCUT2D eigenvalue weighted by atomic mass is 31.0. The van der Waals surface area contributed by atoms with Crippen LogP contribution < -0.4 is 5.32 Å². The van der Waals surface area contributed by atoms with Crippen LogP contribution in [0.2, 0.25) is 0 Å². The molecule has 1 saturated heterocycles. The van der Waals surface area contributed by atoms with E-state index in [2.05, 4.69) is 41.7 Å². The molecule has 1 aliphatic heterocycles. The van der Waals surface area contributed by atoms with Gasteiger partial charge in [-0.3, -0.25) is 4.79 Å². The molecule has 6 nitrogen and oxygen atoms in total. The molecule has 0 aromatic heterocycles. The molecule has 196 valence electrons. The minimum atomic E-state index is -0.584. The third kappa shape index (κ3) is 8.88. The average molecular weight is 528 g/mol. The number of benzene rings is 1. The molecular formula is C27H43NO5P2. The van der Waals surface area contributed by atoms with Crippen LogP contribution in [0, 0.1) is 11.8 Å². The van der Waals surface area contributed by atoms with Gasteiger partial charge in [-0.2, -0.15) is 0 Å². The Morgan fingerprint density at radius 2 is 1.89 bits per heavy atom. The Bertz CT molecular complexity index is 813. The van der Waals surface area contributed by atoms with Crippen LogP contribution in [-0.2, 0) is 29.7 Å². The highest BCUT2D eigenvalue weighted by Gasteiger charge is 2.45. The van der Waals surface area contributed by atoms with Gasteiger partial charge in [0.25, 0.3) is 0 Å². The first-order valence-corrected chi connectivity index (χ1v) is 13.8. The fourth-order valence-electron chi connectivity index (χ4n) is 5.44. The minimum Gasteiger partial charge on any atom is -0.362 e. The van der Waals surface area contributed by atoms with E-state index in [-0.39, 0.29) is 48.8 Å². The Labute approximate surface area is 218 Å². The summed E-state index contributed by atoms with van der Waals surface area (Å²) in [6, 6.07) is 10.4. The van der Waals surface area contributed by atoms with Gasteiger partial charge in [0.15, 0.2) is 5.79 Å². The standard InChI is InChI=1S/C27H43NO5P2/c1-2-28-26(29)13-9-4-3-8-12-22-23(25(33-35)20-24(22)32-34)15-17-27(30-18-19-31-27)16-14-21-10-6-5-7-11-21/h3,5-8,10-11,22-25H,2,4,9,12-20,34-35H2,1H3,(H,28,29)/b8-3-/t22-,23-,24+,25-/m1/s1/i34T,35T/t22-,23-,24+,25-,34?,35?. The first kappa shape index (κ1) is 25.8. The van der Waals surface area contributed by atoms with E-state index in [4.69, 9.17) is 21.1 Å². The molecule has 1 aromatic carbocycles. The second-order valence-electron chi connectivity index (χ2n) is 9.56. The van der Waals surface area contributed by atoms with Crippen molar-refractivity contribution < 1.29 is 23.3 Å². The summed E-state index contributed by atoms with van der Waals surface area (Å²) < 4.78 is 39.5. The lowest BCUT2D eigenvalue weighted by Gasteiger charge is -2.31. The molecule has 8 heteroatoms. The molecule has 1 amide bonds. The van der Waals surface area contributed by atoms with Crippen LogP contribution in [0.3, 0.4) is 0 Å². The van der Waals surface area contributed by atoms with Crippen molar-refractivity contribution in [1.29, 1.82) is 2.56 Å². The zero-order valence-corrected chi connectivity index (χ0v) is 22.9. The van der Waals surface area contributed by atoms with Gasteiger partial charge in [0, 0.05) is 51.1 Å². The van der Waals surface area contributed by atoms with Crippen LogP contribution in [0.25, 0.3) is 0 Å². The summed E-state index contributed by atoms with van der Waals surface area (Å²) in [5, 5.41) is 2.84. The molecule has 1 aromatic rings. The van der Waals surface area contributed by atoms with Gasteiger partial charge in [-0.1, -0.05) is 42.5 Å². The zero-order chi connectivity index (χ0) is 26.3. The summed E-state index contributed by atoms with van der Waals surface area (Å²) in [5.41, 5.74) is 1.28. The molecule has 1 saturated carbocycles. The second kappa shape index (κ2) is 15.4. The normalized spacial score (nSPS) is 27.3. The van der Waals surface area contributed by atoms with Gasteiger partial charge >= 0.3 is 0 Å². The van der Waals surface area contributed by atoms with E-state index in [9.17, 15) is 4.79 Å². The van der Waals surface area contributed by atoms with Gasteiger partial charge in [-0.15, -0.1) is 0 Å². The van der Waals surface area contributed by atoms with E-state index < -0.39 is 5.79 Å². The average Bonchev–Trinajstić information content (AvgIpc) is 3.50. The molecule has 1 heterocycles. The molecule has 2 unspecified atom stereocenters. The summed E-state index contributed by atoms with van der Waals surface area (Å²) in [4.78, 5) is 11.7. The van der Waals surface area contributed by atoms with Crippen LogP contribution in [0.1, 0.15) is 63.9 Å². The summed E-state index contributed by atoms with van der Waals surface area (Å²) in [5.74, 6) is -0.0587. The number of ether oxygens (including phenoxy) is 2. The van der Waals surface area contributed by atoms with E-state index in [0.29, 0.717) is 26.2 Å². The minimum absolute atomic E-state index is 0.0483. The quantitative estimate of drug-likeness (QED) is 0.167. The number of allylic oxidation sites excluding steroid dienone is 2. The molecule has 3 rings (SSSR count). The first-order chi connectivity index (χ1) is 18.1. The van der Waals surface area contributed by atoms with Gasteiger partial charge < -0.3 is 23.8 Å². The van der Waals surface area contributed by atoms with Gasteiger partial charge in [-0.05, 0) is 56.4 Å². The van der Waals surface area contributed by atoms with Gasteiger partial charge in [0.1, 0.15) is 0 Å². The maximum absolute atomic E-state index is 11.7. The molecule has 2 fully saturated rings. The van der Waals surface area contributed by atoms with E-state index >= 15 is 0 Å². The molecule has 35 heavy (non-hydrogen) atoms. The van der Waals surface area contributed by atoms with Gasteiger partial charge in [-0.25, -0.2) is 0 Å². The Kier molecular flexibility index (Phi) is 11.3. The zero-order valence-electron chi connectivity index (χ0n) is 22.9. The summed E-state index contributed by atoms with van der Waals surface area (Å²) >= 11 is 0. The number of carbonyl (C=O) groups excluding carboxylic acids is 1. The van der Waals surface area contributed by atoms with Crippen molar-refractivity contribution >= 4 is 24.7 Å². The molecule has 6 atom stereocenters. The molecule has 1 aliphatic carbocycles. The molecule has 2 aliphatic rings. The topological polar surface area (TPSA) is 66.0 Å². The van der Waals surface area contributed by atoms with E-state index in [1.807, 2.05) is 13.0 Å². The molecule has 0 bridgehead atoms. The number of nitrogens with one attached hydrogen (secondary N) is 1. The van der Waals surface area contributed by atoms with Gasteiger partial charge in [0.05, 0.1) is 28.0 Å². The number of unbranched alkanes of at least 4 members (excludes halogenated alkanes) is 1. The Morgan fingerprint density at radius 1 is 1.14 bits per heavy atom. The monoisotopic (exact) mass is 527 g/mol. The van der Waals surface area contributed by atoms with Crippen molar-refractivity contribution in [1.82, 2.24) is 5.32 Å². The van der Waals surface area contributed by atoms with Crippen LogP contribution >= 0.6 is 18.8 Å². The van der Waals surface area contributed by atoms with Crippen LogP contribution in [-0.4, -0.2) is 46.2 Å². The van der Waals surface area contributed by atoms with Crippen molar-refractivity contribution in [3.63, 3.8) is 0 Å². The maximum Gasteiger partial charge on any atom is 0.219 e.